The number of nitrogens with one attached hydrogen (secondary N) is 1. The number of thioether (sulfide) groups is 1. The number of carbonyl (C=O) groups excluding carboxylic acids is 2. The number of para-hydroxylation sites is 1. The average molecular weight is 537 g/mol. The normalized spacial score (nSPS) is 19.0. The topological polar surface area (TPSA) is 83.4 Å². The fraction of sp³-hybridized carbons (Fsp3) is 0.185. The first kappa shape index (κ1) is 25.0. The summed E-state index contributed by atoms with van der Waals surface area (Å²) in [6, 6.07) is 20.8. The number of anilines is 1. The predicted octanol–water partition coefficient (Wildman–Crippen LogP) is 5.67. The Morgan fingerprint density at radius 1 is 1.14 bits per heavy atom. The third-order valence-electron chi connectivity index (χ3n) is 6.03. The Labute approximate surface area is 222 Å². The van der Waals surface area contributed by atoms with Gasteiger partial charge in [0, 0.05) is 17.9 Å². The summed E-state index contributed by atoms with van der Waals surface area (Å²) in [7, 11) is 1.61. The van der Waals surface area contributed by atoms with Gasteiger partial charge in [-0.1, -0.05) is 59.8 Å². The van der Waals surface area contributed by atoms with E-state index in [2.05, 4.69) is 10.3 Å². The first-order valence-corrected chi connectivity index (χ1v) is 12.8. The van der Waals surface area contributed by atoms with E-state index < -0.39 is 22.9 Å². The van der Waals surface area contributed by atoms with Gasteiger partial charge >= 0.3 is 0 Å². The second-order valence-electron chi connectivity index (χ2n) is 8.46. The number of benzene rings is 3. The molecule has 0 saturated heterocycles. The molecular formula is C27H22ClFN4O3S. The summed E-state index contributed by atoms with van der Waals surface area (Å²) >= 11 is 7.25. The standard InChI is InChI=1S/C27H22ClFN4O3S/c1-36-19-12-8-17(9-13-19)23-14-22(16-6-10-18(28)11-7-16)32-33(23)27-31-26(35)24(37-27)15-25(34)30-21-5-3-2-4-20(21)29/h2-13,23-24H,14-15H2,1H3,(H,30,34). The van der Waals surface area contributed by atoms with Gasteiger partial charge in [-0.15, -0.1) is 0 Å². The fourth-order valence-corrected chi connectivity index (χ4v) is 5.31. The van der Waals surface area contributed by atoms with E-state index in [1.54, 1.807) is 30.3 Å². The zero-order valence-corrected chi connectivity index (χ0v) is 21.3. The second-order valence-corrected chi connectivity index (χ2v) is 10.1. The molecule has 2 amide bonds. The summed E-state index contributed by atoms with van der Waals surface area (Å²) in [5, 5.41) is 9.40. The van der Waals surface area contributed by atoms with Gasteiger partial charge in [0.25, 0.3) is 5.91 Å². The maximum atomic E-state index is 13.9. The molecule has 2 aliphatic heterocycles. The SMILES string of the molecule is COc1ccc(C2CC(c3ccc(Cl)cc3)=NN2C2=NC(=O)C(CC(=O)Nc3ccccc3F)S2)cc1. The summed E-state index contributed by atoms with van der Waals surface area (Å²) < 4.78 is 19.2. The fourth-order valence-electron chi connectivity index (χ4n) is 4.13. The van der Waals surface area contributed by atoms with Crippen molar-refractivity contribution < 1.29 is 18.7 Å². The molecular weight excluding hydrogens is 515 g/mol. The Kier molecular flexibility index (Phi) is 7.25. The zero-order chi connectivity index (χ0) is 25.9. The average Bonchev–Trinajstić information content (AvgIpc) is 3.50. The van der Waals surface area contributed by atoms with Crippen LogP contribution in [0.4, 0.5) is 10.1 Å². The Hall–Kier alpha value is -3.69. The van der Waals surface area contributed by atoms with Gasteiger partial charge in [-0.3, -0.25) is 9.59 Å². The molecule has 2 unspecified atom stereocenters. The highest BCUT2D eigenvalue weighted by molar-refractivity contribution is 8.15. The van der Waals surface area contributed by atoms with Crippen LogP contribution in [0.3, 0.4) is 0 Å². The minimum atomic E-state index is -0.729. The summed E-state index contributed by atoms with van der Waals surface area (Å²) in [5.41, 5.74) is 2.79. The lowest BCUT2D eigenvalue weighted by Gasteiger charge is -2.23. The van der Waals surface area contributed by atoms with Crippen molar-refractivity contribution >= 4 is 51.7 Å². The highest BCUT2D eigenvalue weighted by atomic mass is 35.5. The van der Waals surface area contributed by atoms with Crippen molar-refractivity contribution in [3.63, 3.8) is 0 Å². The number of hydrogen-bond donors (Lipinski definition) is 1. The molecule has 0 radical (unpaired) electrons. The lowest BCUT2D eigenvalue weighted by molar-refractivity contribution is -0.121. The number of amidine groups is 1. The van der Waals surface area contributed by atoms with Gasteiger partial charge in [-0.2, -0.15) is 10.1 Å². The van der Waals surface area contributed by atoms with Gasteiger partial charge in [0.15, 0.2) is 5.17 Å². The smallest absolute Gasteiger partial charge is 0.262 e. The van der Waals surface area contributed by atoms with Crippen molar-refractivity contribution in [1.29, 1.82) is 0 Å². The van der Waals surface area contributed by atoms with E-state index in [1.165, 1.54) is 30.0 Å². The van der Waals surface area contributed by atoms with Gasteiger partial charge in [-0.05, 0) is 47.5 Å². The Morgan fingerprint density at radius 3 is 2.57 bits per heavy atom. The number of rotatable bonds is 6. The minimum Gasteiger partial charge on any atom is -0.497 e. The molecule has 37 heavy (non-hydrogen) atoms. The van der Waals surface area contributed by atoms with Crippen molar-refractivity contribution in [1.82, 2.24) is 5.01 Å². The van der Waals surface area contributed by atoms with Crippen LogP contribution in [-0.2, 0) is 9.59 Å². The van der Waals surface area contributed by atoms with E-state index in [-0.39, 0.29) is 18.2 Å². The third-order valence-corrected chi connectivity index (χ3v) is 7.43. The number of hydrazone groups is 1. The minimum absolute atomic E-state index is 0.0698. The second kappa shape index (κ2) is 10.7. The van der Waals surface area contributed by atoms with Gasteiger partial charge in [0.2, 0.25) is 5.91 Å². The number of ether oxygens (including phenoxy) is 1. The Morgan fingerprint density at radius 2 is 1.86 bits per heavy atom. The maximum Gasteiger partial charge on any atom is 0.262 e. The Bertz CT molecular complexity index is 1400. The van der Waals surface area contributed by atoms with Crippen LogP contribution in [0.1, 0.15) is 30.0 Å². The van der Waals surface area contributed by atoms with Crippen molar-refractivity contribution in [2.75, 3.05) is 12.4 Å². The van der Waals surface area contributed by atoms with E-state index in [1.807, 2.05) is 36.4 Å². The highest BCUT2D eigenvalue weighted by Crippen LogP contribution is 2.39. The van der Waals surface area contributed by atoms with E-state index >= 15 is 0 Å². The molecule has 7 nitrogen and oxygen atoms in total. The number of methoxy groups -OCH3 is 1. The lowest BCUT2D eigenvalue weighted by atomic mass is 9.98. The van der Waals surface area contributed by atoms with Crippen molar-refractivity contribution in [2.45, 2.75) is 24.1 Å². The molecule has 1 N–H and O–H groups in total. The molecule has 0 saturated carbocycles. The number of halogens is 2. The molecule has 0 spiro atoms. The molecule has 0 bridgehead atoms. The van der Waals surface area contributed by atoms with E-state index in [0.717, 1.165) is 22.6 Å². The molecule has 0 aliphatic carbocycles. The van der Waals surface area contributed by atoms with E-state index in [4.69, 9.17) is 21.4 Å². The van der Waals surface area contributed by atoms with Crippen LogP contribution in [0, 0.1) is 5.82 Å². The predicted molar refractivity (Wildman–Crippen MR) is 144 cm³/mol. The largest absolute Gasteiger partial charge is 0.497 e. The number of aliphatic imine (C=N–C) groups is 1. The van der Waals surface area contributed by atoms with Crippen LogP contribution in [0.2, 0.25) is 5.02 Å². The van der Waals surface area contributed by atoms with Crippen LogP contribution in [0.5, 0.6) is 5.75 Å². The van der Waals surface area contributed by atoms with Gasteiger partial charge < -0.3 is 10.1 Å². The van der Waals surface area contributed by atoms with Crippen molar-refractivity contribution in [2.24, 2.45) is 10.1 Å². The van der Waals surface area contributed by atoms with Crippen LogP contribution in [-0.4, -0.2) is 40.1 Å². The molecule has 0 fully saturated rings. The van der Waals surface area contributed by atoms with Crippen LogP contribution < -0.4 is 10.1 Å². The number of nitrogens with zero attached hydrogens (tertiary/aromatic N) is 3. The van der Waals surface area contributed by atoms with Crippen LogP contribution in [0.25, 0.3) is 0 Å². The zero-order valence-electron chi connectivity index (χ0n) is 19.7. The van der Waals surface area contributed by atoms with Crippen LogP contribution in [0.15, 0.2) is 82.9 Å². The first-order chi connectivity index (χ1) is 17.9. The van der Waals surface area contributed by atoms with E-state index in [0.29, 0.717) is 16.6 Å². The molecule has 3 aromatic rings. The highest BCUT2D eigenvalue weighted by Gasteiger charge is 2.39. The van der Waals surface area contributed by atoms with Gasteiger partial charge in [-0.25, -0.2) is 9.40 Å². The first-order valence-electron chi connectivity index (χ1n) is 11.5. The molecule has 0 aromatic heterocycles. The molecule has 2 atom stereocenters. The molecule has 2 aliphatic rings. The third kappa shape index (κ3) is 5.52. The number of amides is 2. The molecule has 188 valence electrons. The number of carbonyl (C=O) groups is 2. The van der Waals surface area contributed by atoms with E-state index in [9.17, 15) is 14.0 Å². The maximum absolute atomic E-state index is 13.9. The van der Waals surface area contributed by atoms with Crippen molar-refractivity contribution in [3.05, 3.63) is 94.8 Å². The van der Waals surface area contributed by atoms with Crippen LogP contribution >= 0.6 is 23.4 Å². The van der Waals surface area contributed by atoms with Gasteiger partial charge in [0.05, 0.1) is 24.6 Å². The quantitative estimate of drug-likeness (QED) is 0.439. The molecule has 10 heteroatoms. The lowest BCUT2D eigenvalue weighted by Crippen LogP contribution is -2.25. The van der Waals surface area contributed by atoms with Gasteiger partial charge in [0.1, 0.15) is 16.8 Å². The number of hydrogen-bond acceptors (Lipinski definition) is 6. The molecule has 5 rings (SSSR count). The monoisotopic (exact) mass is 536 g/mol. The van der Waals surface area contributed by atoms with Crippen molar-refractivity contribution in [3.8, 4) is 5.75 Å². The summed E-state index contributed by atoms with van der Waals surface area (Å²) in [6.45, 7) is 0. The molecule has 3 aromatic carbocycles. The summed E-state index contributed by atoms with van der Waals surface area (Å²) in [6.07, 6.45) is 0.444. The molecule has 2 heterocycles. The summed E-state index contributed by atoms with van der Waals surface area (Å²) in [5.74, 6) is -0.698. The summed E-state index contributed by atoms with van der Waals surface area (Å²) in [4.78, 5) is 29.5. The Balaban J connectivity index is 1.36.